The Morgan fingerprint density at radius 2 is 1.77 bits per heavy atom. The minimum absolute atomic E-state index is 0.0608. The van der Waals surface area contributed by atoms with Crippen LogP contribution >= 0.6 is 0 Å². The molecule has 1 aromatic heterocycles. The topological polar surface area (TPSA) is 79.6 Å². The van der Waals surface area contributed by atoms with Gasteiger partial charge >= 0.3 is 5.63 Å². The first kappa shape index (κ1) is 16.1. The molecule has 1 aliphatic rings. The van der Waals surface area contributed by atoms with Crippen molar-refractivity contribution in [2.45, 2.75) is 12.5 Å². The summed E-state index contributed by atoms with van der Waals surface area (Å²) in [5.74, 6) is -0.593. The largest absolute Gasteiger partial charge is 0.422 e. The number of carbonyl (C=O) groups excluding carboxylic acids is 2. The van der Waals surface area contributed by atoms with E-state index in [0.29, 0.717) is 17.5 Å². The number of hydrogen-bond donors (Lipinski definition) is 1. The molecule has 4 rings (SSSR count). The van der Waals surface area contributed by atoms with E-state index in [2.05, 4.69) is 5.32 Å². The molecule has 3 aromatic rings. The summed E-state index contributed by atoms with van der Waals surface area (Å²) in [5, 5.41) is 3.44. The summed E-state index contributed by atoms with van der Waals surface area (Å²) in [6.45, 7) is 0.369. The molecule has 0 bridgehead atoms. The number of nitrogens with zero attached hydrogens (tertiary/aromatic N) is 1. The number of amides is 2. The Morgan fingerprint density at radius 3 is 2.58 bits per heavy atom. The van der Waals surface area contributed by atoms with Crippen molar-refractivity contribution >= 4 is 28.5 Å². The highest BCUT2D eigenvalue weighted by molar-refractivity contribution is 5.99. The lowest BCUT2D eigenvalue weighted by atomic mass is 10.1. The number of para-hydroxylation sites is 2. The molecule has 1 aliphatic heterocycles. The van der Waals surface area contributed by atoms with Crippen LogP contribution in [0.4, 0.5) is 5.69 Å². The highest BCUT2D eigenvalue weighted by Gasteiger charge is 2.32. The second kappa shape index (κ2) is 6.48. The molecule has 130 valence electrons. The Kier molecular flexibility index (Phi) is 4.01. The fraction of sp³-hybridized carbons (Fsp3) is 0.150. The van der Waals surface area contributed by atoms with Crippen LogP contribution in [0.2, 0.25) is 0 Å². The normalized spacial score (nSPS) is 16.8. The molecule has 1 fully saturated rings. The van der Waals surface area contributed by atoms with Gasteiger partial charge in [0.15, 0.2) is 0 Å². The van der Waals surface area contributed by atoms with E-state index in [4.69, 9.17) is 4.42 Å². The van der Waals surface area contributed by atoms with Crippen molar-refractivity contribution in [1.29, 1.82) is 0 Å². The van der Waals surface area contributed by atoms with Gasteiger partial charge in [-0.2, -0.15) is 0 Å². The molecule has 2 aromatic carbocycles. The maximum Gasteiger partial charge on any atom is 0.349 e. The number of carbonyl (C=O) groups is 2. The molecule has 0 spiro atoms. The maximum absolute atomic E-state index is 12.5. The third kappa shape index (κ3) is 2.97. The van der Waals surface area contributed by atoms with Crippen LogP contribution in [0, 0.1) is 0 Å². The van der Waals surface area contributed by atoms with Crippen molar-refractivity contribution in [3.05, 3.63) is 76.6 Å². The first-order valence-electron chi connectivity index (χ1n) is 8.31. The molecule has 26 heavy (non-hydrogen) atoms. The molecule has 1 atom stereocenters. The second-order valence-electron chi connectivity index (χ2n) is 6.20. The van der Waals surface area contributed by atoms with Crippen LogP contribution in [-0.2, 0) is 4.79 Å². The van der Waals surface area contributed by atoms with Crippen LogP contribution in [0.1, 0.15) is 16.8 Å². The van der Waals surface area contributed by atoms with Gasteiger partial charge in [-0.05, 0) is 24.3 Å². The van der Waals surface area contributed by atoms with Gasteiger partial charge in [0.1, 0.15) is 11.1 Å². The Balaban J connectivity index is 1.53. The smallest absolute Gasteiger partial charge is 0.349 e. The number of rotatable bonds is 3. The van der Waals surface area contributed by atoms with E-state index in [0.717, 1.165) is 5.69 Å². The summed E-state index contributed by atoms with van der Waals surface area (Å²) in [6.07, 6.45) is 0.194. The lowest BCUT2D eigenvalue weighted by Gasteiger charge is -2.17. The zero-order valence-electron chi connectivity index (χ0n) is 13.8. The predicted octanol–water partition coefficient (Wildman–Crippen LogP) is 2.33. The van der Waals surface area contributed by atoms with Gasteiger partial charge in [0.25, 0.3) is 5.91 Å². The highest BCUT2D eigenvalue weighted by atomic mass is 16.4. The average molecular weight is 348 g/mol. The lowest BCUT2D eigenvalue weighted by molar-refractivity contribution is -0.117. The maximum atomic E-state index is 12.5. The van der Waals surface area contributed by atoms with Gasteiger partial charge in [-0.3, -0.25) is 9.59 Å². The van der Waals surface area contributed by atoms with E-state index in [9.17, 15) is 14.4 Å². The average Bonchev–Trinajstić information content (AvgIpc) is 3.02. The van der Waals surface area contributed by atoms with Crippen LogP contribution in [-0.4, -0.2) is 24.4 Å². The quantitative estimate of drug-likeness (QED) is 0.737. The Hall–Kier alpha value is -3.41. The zero-order valence-corrected chi connectivity index (χ0v) is 13.8. The van der Waals surface area contributed by atoms with Crippen LogP contribution in [0.5, 0.6) is 0 Å². The van der Waals surface area contributed by atoms with Crippen molar-refractivity contribution < 1.29 is 14.0 Å². The summed E-state index contributed by atoms with van der Waals surface area (Å²) in [6, 6.07) is 17.4. The van der Waals surface area contributed by atoms with E-state index >= 15 is 0 Å². The van der Waals surface area contributed by atoms with Crippen molar-refractivity contribution in [2.24, 2.45) is 0 Å². The Bertz CT molecular complexity index is 1040. The fourth-order valence-corrected chi connectivity index (χ4v) is 3.15. The number of fused-ring (bicyclic) bond motifs is 1. The van der Waals surface area contributed by atoms with E-state index < -0.39 is 11.5 Å². The third-order valence-electron chi connectivity index (χ3n) is 4.41. The number of nitrogens with one attached hydrogen (secondary N) is 1. The first-order valence-corrected chi connectivity index (χ1v) is 8.31. The Labute approximate surface area is 149 Å². The summed E-state index contributed by atoms with van der Waals surface area (Å²) in [7, 11) is 0. The molecule has 0 unspecified atom stereocenters. The monoisotopic (exact) mass is 348 g/mol. The van der Waals surface area contributed by atoms with Gasteiger partial charge < -0.3 is 14.6 Å². The molecule has 2 heterocycles. The summed E-state index contributed by atoms with van der Waals surface area (Å²) in [5.41, 5.74) is 0.472. The molecule has 2 amide bonds. The van der Waals surface area contributed by atoms with Gasteiger partial charge in [-0.15, -0.1) is 0 Å². The van der Waals surface area contributed by atoms with Crippen molar-refractivity contribution in [3.8, 4) is 0 Å². The minimum atomic E-state index is -0.689. The molecule has 6 nitrogen and oxygen atoms in total. The number of anilines is 1. The summed E-state index contributed by atoms with van der Waals surface area (Å²) < 4.78 is 5.20. The Morgan fingerprint density at radius 1 is 1.04 bits per heavy atom. The van der Waals surface area contributed by atoms with E-state index in [1.54, 1.807) is 29.2 Å². The molecule has 1 N–H and O–H groups in total. The van der Waals surface area contributed by atoms with E-state index in [-0.39, 0.29) is 23.9 Å². The van der Waals surface area contributed by atoms with Crippen molar-refractivity contribution in [2.75, 3.05) is 11.4 Å². The molecule has 6 heteroatoms. The summed E-state index contributed by atoms with van der Waals surface area (Å²) >= 11 is 0. The van der Waals surface area contributed by atoms with Crippen LogP contribution in [0.3, 0.4) is 0 Å². The molecule has 0 aliphatic carbocycles. The number of benzene rings is 2. The standard InChI is InChI=1S/C20H16N2O4/c23-18-11-14(12-22(18)15-7-2-1-3-8-15)21-19(24)16-10-13-6-4-5-9-17(13)26-20(16)25/h1-10,14H,11-12H2,(H,21,24)/t14-/m1/s1. The van der Waals surface area contributed by atoms with Gasteiger partial charge in [-0.1, -0.05) is 36.4 Å². The highest BCUT2D eigenvalue weighted by Crippen LogP contribution is 2.21. The predicted molar refractivity (Wildman–Crippen MR) is 97.2 cm³/mol. The minimum Gasteiger partial charge on any atom is -0.422 e. The van der Waals surface area contributed by atoms with Crippen molar-refractivity contribution in [3.63, 3.8) is 0 Å². The van der Waals surface area contributed by atoms with Gasteiger partial charge in [0, 0.05) is 24.0 Å². The van der Waals surface area contributed by atoms with Gasteiger partial charge in [-0.25, -0.2) is 4.79 Å². The van der Waals surface area contributed by atoms with Gasteiger partial charge in [0.05, 0.1) is 6.04 Å². The molecular formula is C20H16N2O4. The summed E-state index contributed by atoms with van der Waals surface area (Å²) in [4.78, 5) is 38.5. The molecular weight excluding hydrogens is 332 g/mol. The first-order chi connectivity index (χ1) is 12.6. The second-order valence-corrected chi connectivity index (χ2v) is 6.20. The van der Waals surface area contributed by atoms with Crippen LogP contribution < -0.4 is 15.8 Å². The molecule has 0 radical (unpaired) electrons. The third-order valence-corrected chi connectivity index (χ3v) is 4.41. The zero-order chi connectivity index (χ0) is 18.1. The van der Waals surface area contributed by atoms with Gasteiger partial charge in [0.2, 0.25) is 5.91 Å². The van der Waals surface area contributed by atoms with Crippen LogP contribution in [0.15, 0.2) is 69.9 Å². The van der Waals surface area contributed by atoms with Crippen LogP contribution in [0.25, 0.3) is 11.0 Å². The SMILES string of the molecule is O=C(N[C@@H]1CC(=O)N(c2ccccc2)C1)c1cc2ccccc2oc1=O. The molecule has 0 saturated carbocycles. The fourth-order valence-electron chi connectivity index (χ4n) is 3.15. The van der Waals surface area contributed by atoms with E-state index in [1.807, 2.05) is 30.3 Å². The molecule has 1 saturated heterocycles. The number of hydrogen-bond acceptors (Lipinski definition) is 4. The van der Waals surface area contributed by atoms with Crippen molar-refractivity contribution in [1.82, 2.24) is 5.32 Å². The lowest BCUT2D eigenvalue weighted by Crippen LogP contribution is -2.39. The van der Waals surface area contributed by atoms with E-state index in [1.165, 1.54) is 6.07 Å².